The molecule has 0 aromatic heterocycles. The molecular formula is C11H11BrFNO3. The van der Waals surface area contributed by atoms with Crippen molar-refractivity contribution in [1.82, 2.24) is 0 Å². The molecule has 0 N–H and O–H groups in total. The van der Waals surface area contributed by atoms with Crippen molar-refractivity contribution in [2.75, 3.05) is 14.2 Å². The van der Waals surface area contributed by atoms with Gasteiger partial charge in [-0.1, -0.05) is 33.2 Å². The third-order valence-electron chi connectivity index (χ3n) is 2.04. The third-order valence-corrected chi connectivity index (χ3v) is 2.65. The molecule has 0 atom stereocenters. The summed E-state index contributed by atoms with van der Waals surface area (Å²) in [5, 5.41) is 3.90. The lowest BCUT2D eigenvalue weighted by Gasteiger charge is -2.09. The summed E-state index contributed by atoms with van der Waals surface area (Å²) in [6, 6.07) is 4.48. The molecule has 0 heterocycles. The lowest BCUT2D eigenvalue weighted by atomic mass is 10.0. The van der Waals surface area contributed by atoms with Gasteiger partial charge in [0.15, 0.2) is 5.71 Å². The summed E-state index contributed by atoms with van der Waals surface area (Å²) in [7, 11) is 2.47. The van der Waals surface area contributed by atoms with E-state index in [-0.39, 0.29) is 11.3 Å². The van der Waals surface area contributed by atoms with Crippen LogP contribution in [-0.4, -0.2) is 25.9 Å². The van der Waals surface area contributed by atoms with E-state index in [2.05, 4.69) is 30.7 Å². The van der Waals surface area contributed by atoms with Gasteiger partial charge in [-0.05, 0) is 11.6 Å². The van der Waals surface area contributed by atoms with E-state index < -0.39 is 11.8 Å². The van der Waals surface area contributed by atoms with Crippen LogP contribution in [0.25, 0.3) is 0 Å². The maximum absolute atomic E-state index is 13.7. The van der Waals surface area contributed by atoms with Crippen molar-refractivity contribution in [3.05, 3.63) is 35.1 Å². The first kappa shape index (κ1) is 13.6. The van der Waals surface area contributed by atoms with Gasteiger partial charge in [0.25, 0.3) is 0 Å². The highest BCUT2D eigenvalue weighted by Crippen LogP contribution is 2.18. The average Bonchev–Trinajstić information content (AvgIpc) is 2.35. The molecule has 4 nitrogen and oxygen atoms in total. The highest BCUT2D eigenvalue weighted by Gasteiger charge is 2.22. The lowest BCUT2D eigenvalue weighted by Crippen LogP contribution is -2.20. The fourth-order valence-corrected chi connectivity index (χ4v) is 1.79. The van der Waals surface area contributed by atoms with Crippen LogP contribution in [0.15, 0.2) is 23.4 Å². The van der Waals surface area contributed by atoms with Gasteiger partial charge in [0.1, 0.15) is 12.9 Å². The summed E-state index contributed by atoms with van der Waals surface area (Å²) in [6.07, 6.45) is 0. The number of ether oxygens (including phenoxy) is 1. The Balaban J connectivity index is 3.37. The van der Waals surface area contributed by atoms with E-state index in [9.17, 15) is 9.18 Å². The smallest absolute Gasteiger partial charge is 0.360 e. The first-order valence-corrected chi connectivity index (χ1v) is 5.81. The van der Waals surface area contributed by atoms with Gasteiger partial charge in [-0.2, -0.15) is 0 Å². The third kappa shape index (κ3) is 3.03. The normalized spacial score (nSPS) is 11.2. The molecule has 17 heavy (non-hydrogen) atoms. The first-order valence-electron chi connectivity index (χ1n) is 4.68. The molecule has 0 aliphatic heterocycles. The number of hydrogen-bond acceptors (Lipinski definition) is 4. The van der Waals surface area contributed by atoms with Gasteiger partial charge in [0.2, 0.25) is 0 Å². The van der Waals surface area contributed by atoms with Gasteiger partial charge in [-0.3, -0.25) is 0 Å². The predicted octanol–water partition coefficient (Wildman–Crippen LogP) is 2.24. The van der Waals surface area contributed by atoms with Crippen molar-refractivity contribution < 1.29 is 18.8 Å². The monoisotopic (exact) mass is 303 g/mol. The fraction of sp³-hybridized carbons (Fsp3) is 0.273. The van der Waals surface area contributed by atoms with Gasteiger partial charge < -0.3 is 9.57 Å². The summed E-state index contributed by atoms with van der Waals surface area (Å²) in [6.45, 7) is 0. The fourth-order valence-electron chi connectivity index (χ4n) is 1.32. The Morgan fingerprint density at radius 3 is 2.71 bits per heavy atom. The van der Waals surface area contributed by atoms with Crippen LogP contribution in [0.2, 0.25) is 0 Å². The SMILES string of the molecule is CO/N=C(/C(=O)OC)c1c(F)cccc1CBr. The van der Waals surface area contributed by atoms with Crippen LogP contribution in [0.1, 0.15) is 11.1 Å². The predicted molar refractivity (Wildman–Crippen MR) is 64.6 cm³/mol. The number of oxime groups is 1. The van der Waals surface area contributed by atoms with Crippen LogP contribution in [0.5, 0.6) is 0 Å². The standard InChI is InChI=1S/C11H11BrFNO3/c1-16-11(15)10(14-17-2)9-7(6-12)4-3-5-8(9)13/h3-5H,6H2,1-2H3/b14-10+. The maximum atomic E-state index is 13.7. The van der Waals surface area contributed by atoms with Crippen LogP contribution >= 0.6 is 15.9 Å². The number of carbonyl (C=O) groups excluding carboxylic acids is 1. The number of esters is 1. The number of hydrogen-bond donors (Lipinski definition) is 0. The van der Waals surface area contributed by atoms with Gasteiger partial charge in [0.05, 0.1) is 12.7 Å². The average molecular weight is 304 g/mol. The molecule has 0 amide bonds. The molecular weight excluding hydrogens is 293 g/mol. The summed E-state index contributed by atoms with van der Waals surface area (Å²) >= 11 is 3.22. The van der Waals surface area contributed by atoms with E-state index in [1.165, 1.54) is 20.3 Å². The Morgan fingerprint density at radius 1 is 1.47 bits per heavy atom. The zero-order chi connectivity index (χ0) is 12.8. The summed E-state index contributed by atoms with van der Waals surface area (Å²) in [5.41, 5.74) is 0.479. The minimum absolute atomic E-state index is 0.0816. The second kappa shape index (κ2) is 6.34. The minimum Gasteiger partial charge on any atom is -0.464 e. The molecule has 0 spiro atoms. The molecule has 1 aromatic rings. The number of rotatable bonds is 4. The van der Waals surface area contributed by atoms with E-state index in [1.807, 2.05) is 0 Å². The van der Waals surface area contributed by atoms with Crippen molar-refractivity contribution in [2.45, 2.75) is 5.33 Å². The van der Waals surface area contributed by atoms with Crippen molar-refractivity contribution in [1.29, 1.82) is 0 Å². The van der Waals surface area contributed by atoms with Crippen LogP contribution < -0.4 is 0 Å². The minimum atomic E-state index is -0.751. The van der Waals surface area contributed by atoms with Crippen molar-refractivity contribution in [3.8, 4) is 0 Å². The molecule has 92 valence electrons. The zero-order valence-electron chi connectivity index (χ0n) is 9.37. The van der Waals surface area contributed by atoms with Crippen LogP contribution in [0.3, 0.4) is 0 Å². The van der Waals surface area contributed by atoms with E-state index in [0.717, 1.165) is 0 Å². The van der Waals surface area contributed by atoms with Crippen molar-refractivity contribution in [3.63, 3.8) is 0 Å². The summed E-state index contributed by atoms with van der Waals surface area (Å²) in [4.78, 5) is 16.0. The Labute approximate surface area is 107 Å². The van der Waals surface area contributed by atoms with Gasteiger partial charge in [0, 0.05) is 5.33 Å². The number of alkyl halides is 1. The number of nitrogens with zero attached hydrogens (tertiary/aromatic N) is 1. The number of halogens is 2. The number of carbonyl (C=O) groups is 1. The Kier molecular flexibility index (Phi) is 5.09. The van der Waals surface area contributed by atoms with Crippen LogP contribution in [-0.2, 0) is 19.7 Å². The van der Waals surface area contributed by atoms with E-state index >= 15 is 0 Å². The zero-order valence-corrected chi connectivity index (χ0v) is 11.0. The number of methoxy groups -OCH3 is 1. The Bertz CT molecular complexity index is 448. The van der Waals surface area contributed by atoms with Gasteiger partial charge in [-0.15, -0.1) is 0 Å². The molecule has 6 heteroatoms. The van der Waals surface area contributed by atoms with E-state index in [0.29, 0.717) is 10.9 Å². The van der Waals surface area contributed by atoms with E-state index in [4.69, 9.17) is 0 Å². The van der Waals surface area contributed by atoms with Gasteiger partial charge in [-0.25, -0.2) is 9.18 Å². The Morgan fingerprint density at radius 2 is 2.18 bits per heavy atom. The molecule has 0 aliphatic rings. The van der Waals surface area contributed by atoms with Crippen LogP contribution in [0, 0.1) is 5.82 Å². The molecule has 1 rings (SSSR count). The lowest BCUT2D eigenvalue weighted by molar-refractivity contribution is -0.132. The van der Waals surface area contributed by atoms with Crippen molar-refractivity contribution >= 4 is 27.6 Å². The number of benzene rings is 1. The molecule has 0 unspecified atom stereocenters. The molecule has 0 aliphatic carbocycles. The largest absolute Gasteiger partial charge is 0.464 e. The molecule has 0 bridgehead atoms. The summed E-state index contributed by atoms with van der Waals surface area (Å²) in [5.74, 6) is -1.30. The Hall–Kier alpha value is -1.43. The molecule has 0 radical (unpaired) electrons. The quantitative estimate of drug-likeness (QED) is 0.371. The highest BCUT2D eigenvalue weighted by molar-refractivity contribution is 9.08. The topological polar surface area (TPSA) is 47.9 Å². The molecule has 1 aromatic carbocycles. The maximum Gasteiger partial charge on any atom is 0.360 e. The molecule has 0 saturated carbocycles. The second-order valence-corrected chi connectivity index (χ2v) is 3.58. The first-order chi connectivity index (χ1) is 8.15. The summed E-state index contributed by atoms with van der Waals surface area (Å²) < 4.78 is 18.3. The molecule has 0 saturated heterocycles. The van der Waals surface area contributed by atoms with Crippen molar-refractivity contribution in [2.24, 2.45) is 5.16 Å². The highest BCUT2D eigenvalue weighted by atomic mass is 79.9. The molecule has 0 fully saturated rings. The van der Waals surface area contributed by atoms with Crippen LogP contribution in [0.4, 0.5) is 4.39 Å². The van der Waals surface area contributed by atoms with Gasteiger partial charge >= 0.3 is 5.97 Å². The van der Waals surface area contributed by atoms with E-state index in [1.54, 1.807) is 12.1 Å². The second-order valence-electron chi connectivity index (χ2n) is 3.02.